The molecule has 1 aromatic carbocycles. The number of aliphatic carboxylic acids is 3. The number of H-pyrrole nitrogens is 1. The molecule has 0 radical (unpaired) electrons. The fourth-order valence-corrected chi connectivity index (χ4v) is 3.10. The molecule has 1 aliphatic heterocycles. The third-order valence-corrected chi connectivity index (χ3v) is 4.56. The molecule has 0 bridgehead atoms. The number of aliphatic imine (C=N–C) groups is 1. The van der Waals surface area contributed by atoms with Crippen LogP contribution in [0.5, 0.6) is 0 Å². The number of hydrogen-bond donors (Lipinski definition) is 5. The number of aromatic amines is 1. The Morgan fingerprint density at radius 3 is 2.66 bits per heavy atom. The lowest BCUT2D eigenvalue weighted by Gasteiger charge is -2.21. The summed E-state index contributed by atoms with van der Waals surface area (Å²) in [6, 6.07) is 5.42. The van der Waals surface area contributed by atoms with E-state index in [-0.39, 0.29) is 18.5 Å². The Hall–Kier alpha value is -3.88. The van der Waals surface area contributed by atoms with Gasteiger partial charge in [-0.1, -0.05) is 18.2 Å². The molecule has 2 aromatic rings. The van der Waals surface area contributed by atoms with Crippen LogP contribution in [0.25, 0.3) is 10.9 Å². The van der Waals surface area contributed by atoms with Crippen molar-refractivity contribution in [2.24, 2.45) is 4.99 Å². The number of rotatable bonds is 7. The summed E-state index contributed by atoms with van der Waals surface area (Å²) < 4.78 is 0. The lowest BCUT2D eigenvalue weighted by atomic mass is 10.00. The molecule has 3 rings (SSSR count). The first-order chi connectivity index (χ1) is 13.8. The summed E-state index contributed by atoms with van der Waals surface area (Å²) >= 11 is 0. The van der Waals surface area contributed by atoms with Crippen molar-refractivity contribution in [3.63, 3.8) is 0 Å². The molecular weight excluding hydrogens is 378 g/mol. The molecule has 0 unspecified atom stereocenters. The first kappa shape index (κ1) is 19.9. The first-order valence-electron chi connectivity index (χ1n) is 8.79. The Labute approximate surface area is 165 Å². The van der Waals surface area contributed by atoms with E-state index in [1.807, 2.05) is 24.3 Å². The number of nitrogens with zero attached hydrogens (tertiary/aromatic N) is 1. The Balaban J connectivity index is 1.79. The summed E-state index contributed by atoms with van der Waals surface area (Å²) in [4.78, 5) is 41.1. The van der Waals surface area contributed by atoms with E-state index >= 15 is 0 Å². The van der Waals surface area contributed by atoms with E-state index in [0.29, 0.717) is 5.57 Å². The third-order valence-electron chi connectivity index (χ3n) is 4.56. The van der Waals surface area contributed by atoms with Gasteiger partial charge in [-0.2, -0.15) is 0 Å². The molecule has 1 aliphatic rings. The lowest BCUT2D eigenvalue weighted by Crippen LogP contribution is -2.41. The molecule has 0 amide bonds. The molecule has 0 saturated carbocycles. The predicted molar refractivity (Wildman–Crippen MR) is 105 cm³/mol. The van der Waals surface area contributed by atoms with Crippen LogP contribution in [0.1, 0.15) is 12.0 Å². The maximum atomic E-state index is 11.6. The van der Waals surface area contributed by atoms with Crippen LogP contribution in [0.4, 0.5) is 0 Å². The summed E-state index contributed by atoms with van der Waals surface area (Å²) in [7, 11) is 0. The zero-order valence-corrected chi connectivity index (χ0v) is 15.2. The summed E-state index contributed by atoms with van der Waals surface area (Å²) in [6.45, 7) is 0. The average Bonchev–Trinajstić information content (AvgIpc) is 3.09. The molecule has 0 saturated heterocycles. The predicted octanol–water partition coefficient (Wildman–Crippen LogP) is 1.58. The molecule has 5 N–H and O–H groups in total. The van der Waals surface area contributed by atoms with Gasteiger partial charge in [-0.15, -0.1) is 0 Å². The number of carboxylic acid groups (broad SMARTS) is 3. The molecule has 0 aliphatic carbocycles. The second kappa shape index (κ2) is 8.42. The molecule has 0 fully saturated rings. The minimum Gasteiger partial charge on any atom is -0.480 e. The minimum absolute atomic E-state index is 0.0539. The fourth-order valence-electron chi connectivity index (χ4n) is 3.10. The van der Waals surface area contributed by atoms with Crippen molar-refractivity contribution in [1.29, 1.82) is 0 Å². The second-order valence-electron chi connectivity index (χ2n) is 6.56. The zero-order chi connectivity index (χ0) is 21.0. The Bertz CT molecular complexity index is 1050. The molecule has 0 spiro atoms. The molecular formula is C20H19N3O6. The van der Waals surface area contributed by atoms with Crippen LogP contribution in [0.15, 0.2) is 58.9 Å². The van der Waals surface area contributed by atoms with Gasteiger partial charge in [0.05, 0.1) is 0 Å². The van der Waals surface area contributed by atoms with Crippen LogP contribution in [-0.4, -0.2) is 56.5 Å². The average molecular weight is 397 g/mol. The largest absolute Gasteiger partial charge is 0.480 e. The highest BCUT2D eigenvalue weighted by Crippen LogP contribution is 2.20. The van der Waals surface area contributed by atoms with Gasteiger partial charge in [0.15, 0.2) is 6.04 Å². The number of allylic oxidation sites excluding steroid dienone is 2. The van der Waals surface area contributed by atoms with Crippen LogP contribution < -0.4 is 5.32 Å². The quantitative estimate of drug-likeness (QED) is 0.445. The van der Waals surface area contributed by atoms with Gasteiger partial charge in [0.25, 0.3) is 0 Å². The van der Waals surface area contributed by atoms with Crippen molar-refractivity contribution in [2.45, 2.75) is 24.9 Å². The van der Waals surface area contributed by atoms with E-state index in [0.717, 1.165) is 16.5 Å². The van der Waals surface area contributed by atoms with Crippen molar-refractivity contribution < 1.29 is 29.7 Å². The van der Waals surface area contributed by atoms with Crippen LogP contribution in [-0.2, 0) is 20.8 Å². The van der Waals surface area contributed by atoms with E-state index < -0.39 is 30.0 Å². The lowest BCUT2D eigenvalue weighted by molar-refractivity contribution is -0.140. The number of benzene rings is 1. The van der Waals surface area contributed by atoms with E-state index in [1.165, 1.54) is 18.4 Å². The van der Waals surface area contributed by atoms with Crippen LogP contribution >= 0.6 is 0 Å². The summed E-state index contributed by atoms with van der Waals surface area (Å²) in [5.74, 6) is -3.55. The molecule has 2 atom stereocenters. The van der Waals surface area contributed by atoms with Crippen molar-refractivity contribution in [3.8, 4) is 0 Å². The van der Waals surface area contributed by atoms with Crippen molar-refractivity contribution >= 4 is 35.0 Å². The number of fused-ring (bicyclic) bond motifs is 1. The van der Waals surface area contributed by atoms with Gasteiger partial charge in [-0.05, 0) is 29.4 Å². The Morgan fingerprint density at radius 1 is 1.21 bits per heavy atom. The van der Waals surface area contributed by atoms with E-state index in [4.69, 9.17) is 10.2 Å². The van der Waals surface area contributed by atoms with Crippen LogP contribution in [0.2, 0.25) is 0 Å². The highest BCUT2D eigenvalue weighted by molar-refractivity contribution is 5.90. The molecule has 2 heterocycles. The number of para-hydroxylation sites is 1. The van der Waals surface area contributed by atoms with E-state index in [9.17, 15) is 19.5 Å². The van der Waals surface area contributed by atoms with Gasteiger partial charge < -0.3 is 25.6 Å². The van der Waals surface area contributed by atoms with E-state index in [1.54, 1.807) is 6.20 Å². The Kier molecular flexibility index (Phi) is 5.77. The topological polar surface area (TPSA) is 152 Å². The van der Waals surface area contributed by atoms with Crippen molar-refractivity contribution in [2.75, 3.05) is 0 Å². The van der Waals surface area contributed by atoms with Crippen molar-refractivity contribution in [3.05, 3.63) is 59.4 Å². The number of hydrogen-bond acceptors (Lipinski definition) is 5. The van der Waals surface area contributed by atoms with Gasteiger partial charge >= 0.3 is 17.9 Å². The standard InChI is InChI=1S/C20H19N3O6/c24-18(25)15(9-12-10-22-14-4-2-1-3-13(12)14)21-6-5-11-7-16(19(26)27)23-17(8-11)20(28)29/h1-7,10,15,17,22-23H,8-9H2,(H,24,25)(H,26,27)(H,28,29)/b11-5-,21-6?/t15-,17-/m0/s1. The summed E-state index contributed by atoms with van der Waals surface area (Å²) in [5, 5.41) is 31.1. The zero-order valence-electron chi connectivity index (χ0n) is 15.2. The molecule has 150 valence electrons. The molecule has 9 nitrogen and oxygen atoms in total. The number of carbonyl (C=O) groups is 3. The third kappa shape index (κ3) is 4.70. The van der Waals surface area contributed by atoms with Crippen molar-refractivity contribution in [1.82, 2.24) is 10.3 Å². The maximum Gasteiger partial charge on any atom is 0.351 e. The Morgan fingerprint density at radius 2 is 1.97 bits per heavy atom. The molecule has 1 aromatic heterocycles. The van der Waals surface area contributed by atoms with Gasteiger partial charge in [-0.3, -0.25) is 4.99 Å². The minimum atomic E-state index is -1.28. The first-order valence-corrected chi connectivity index (χ1v) is 8.79. The van der Waals surface area contributed by atoms with Gasteiger partial charge in [0, 0.05) is 36.2 Å². The maximum absolute atomic E-state index is 11.6. The second-order valence-corrected chi connectivity index (χ2v) is 6.56. The fraction of sp³-hybridized carbons (Fsp3) is 0.200. The number of nitrogens with one attached hydrogen (secondary N) is 2. The van der Waals surface area contributed by atoms with Gasteiger partial charge in [0.2, 0.25) is 0 Å². The number of carboxylic acids is 3. The number of aromatic nitrogens is 1. The highest BCUT2D eigenvalue weighted by Gasteiger charge is 2.26. The van der Waals surface area contributed by atoms with Gasteiger partial charge in [0.1, 0.15) is 11.7 Å². The van der Waals surface area contributed by atoms with Gasteiger partial charge in [-0.25, -0.2) is 14.4 Å². The normalized spacial score (nSPS) is 19.1. The summed E-state index contributed by atoms with van der Waals surface area (Å²) in [5.41, 5.74) is 1.91. The monoisotopic (exact) mass is 397 g/mol. The SMILES string of the molecule is O=C(O)C1=C/C(=C/C=N[C@@H](Cc2c[nH]c3ccccc23)C(=O)O)C[C@@H](C(=O)O)N1. The van der Waals surface area contributed by atoms with E-state index in [2.05, 4.69) is 15.3 Å². The molecule has 9 heteroatoms. The van der Waals surface area contributed by atoms with Crippen LogP contribution in [0.3, 0.4) is 0 Å². The summed E-state index contributed by atoms with van der Waals surface area (Å²) in [6.07, 6.45) is 6.00. The highest BCUT2D eigenvalue weighted by atomic mass is 16.4. The smallest absolute Gasteiger partial charge is 0.351 e. The molecule has 29 heavy (non-hydrogen) atoms. The van der Waals surface area contributed by atoms with Crippen LogP contribution in [0, 0.1) is 0 Å².